The predicted octanol–water partition coefficient (Wildman–Crippen LogP) is 2.91. The number of aliphatic carboxylic acids is 1. The molecule has 1 saturated heterocycles. The number of thioether (sulfide) groups is 1. The molecule has 1 heterocycles. The van der Waals surface area contributed by atoms with E-state index in [0.29, 0.717) is 10.5 Å². The molecule has 1 aromatic carbocycles. The number of rotatable bonds is 5. The first kappa shape index (κ1) is 18.1. The fraction of sp³-hybridized carbons (Fsp3) is 0.267. The quantitative estimate of drug-likeness (QED) is 0.370. The van der Waals surface area contributed by atoms with Gasteiger partial charge in [-0.15, -0.1) is 0 Å². The highest BCUT2D eigenvalue weighted by atomic mass is 32.2. The van der Waals surface area contributed by atoms with Crippen LogP contribution in [-0.2, 0) is 9.59 Å². The van der Waals surface area contributed by atoms with Gasteiger partial charge in [-0.25, -0.2) is 4.79 Å². The van der Waals surface area contributed by atoms with Crippen molar-refractivity contribution < 1.29 is 19.6 Å². The first-order valence-electron chi connectivity index (χ1n) is 6.96. The molecular formula is C15H14N2O5S2. The Morgan fingerprint density at radius 1 is 1.38 bits per heavy atom. The summed E-state index contributed by atoms with van der Waals surface area (Å²) in [6.45, 7) is 3.41. The van der Waals surface area contributed by atoms with Crippen LogP contribution in [0.4, 0.5) is 5.69 Å². The van der Waals surface area contributed by atoms with Crippen LogP contribution in [0.25, 0.3) is 6.08 Å². The summed E-state index contributed by atoms with van der Waals surface area (Å²) in [5.41, 5.74) is 0.544. The third kappa shape index (κ3) is 3.62. The minimum Gasteiger partial charge on any atom is -0.480 e. The number of amides is 1. The number of hydrogen-bond acceptors (Lipinski definition) is 6. The van der Waals surface area contributed by atoms with Crippen molar-refractivity contribution in [3.8, 4) is 0 Å². The van der Waals surface area contributed by atoms with E-state index in [1.807, 2.05) is 0 Å². The van der Waals surface area contributed by atoms with Crippen molar-refractivity contribution in [2.75, 3.05) is 0 Å². The molecule has 0 aliphatic carbocycles. The number of hydrogen-bond donors (Lipinski definition) is 1. The Labute approximate surface area is 147 Å². The first-order valence-corrected chi connectivity index (χ1v) is 8.19. The molecule has 0 spiro atoms. The third-order valence-corrected chi connectivity index (χ3v) is 4.72. The highest BCUT2D eigenvalue weighted by molar-refractivity contribution is 8.26. The van der Waals surface area contributed by atoms with Gasteiger partial charge in [0.2, 0.25) is 0 Å². The molecule has 126 valence electrons. The van der Waals surface area contributed by atoms with Crippen molar-refractivity contribution in [3.63, 3.8) is 0 Å². The maximum absolute atomic E-state index is 12.5. The van der Waals surface area contributed by atoms with Crippen molar-refractivity contribution in [2.45, 2.75) is 19.9 Å². The molecule has 9 heteroatoms. The number of carboxylic acid groups (broad SMARTS) is 1. The average Bonchev–Trinajstić information content (AvgIpc) is 2.75. The van der Waals surface area contributed by atoms with Crippen LogP contribution in [-0.4, -0.2) is 37.2 Å². The zero-order chi connectivity index (χ0) is 18.0. The summed E-state index contributed by atoms with van der Waals surface area (Å²) >= 11 is 6.18. The van der Waals surface area contributed by atoms with E-state index in [2.05, 4.69) is 0 Å². The Morgan fingerprint density at radius 3 is 2.42 bits per heavy atom. The topological polar surface area (TPSA) is 101 Å². The van der Waals surface area contributed by atoms with Gasteiger partial charge in [0.1, 0.15) is 10.4 Å². The molecule has 1 unspecified atom stereocenters. The van der Waals surface area contributed by atoms with Gasteiger partial charge < -0.3 is 5.11 Å². The monoisotopic (exact) mass is 366 g/mol. The number of thiocarbonyl (C=S) groups is 1. The predicted molar refractivity (Wildman–Crippen MR) is 94.4 cm³/mol. The smallest absolute Gasteiger partial charge is 0.327 e. The fourth-order valence-corrected chi connectivity index (χ4v) is 3.59. The minimum atomic E-state index is -1.11. The molecule has 24 heavy (non-hydrogen) atoms. The van der Waals surface area contributed by atoms with Crippen molar-refractivity contribution in [1.82, 2.24) is 4.90 Å². The van der Waals surface area contributed by atoms with Crippen LogP contribution in [0.15, 0.2) is 29.2 Å². The molecule has 0 radical (unpaired) electrons. The van der Waals surface area contributed by atoms with Gasteiger partial charge in [-0.1, -0.05) is 37.8 Å². The molecule has 1 N–H and O–H groups in total. The first-order chi connectivity index (χ1) is 11.2. The van der Waals surface area contributed by atoms with E-state index in [-0.39, 0.29) is 15.9 Å². The van der Waals surface area contributed by atoms with Gasteiger partial charge in [0.05, 0.1) is 9.83 Å². The molecule has 1 aromatic rings. The number of nitrogens with zero attached hydrogens (tertiary/aromatic N) is 2. The van der Waals surface area contributed by atoms with E-state index >= 15 is 0 Å². The Kier molecular flexibility index (Phi) is 5.35. The van der Waals surface area contributed by atoms with E-state index < -0.39 is 22.8 Å². The van der Waals surface area contributed by atoms with Crippen LogP contribution in [0.1, 0.15) is 19.4 Å². The molecule has 0 aromatic heterocycles. The van der Waals surface area contributed by atoms with Crippen LogP contribution in [0.3, 0.4) is 0 Å². The number of carboxylic acids is 1. The van der Waals surface area contributed by atoms with Crippen molar-refractivity contribution >= 4 is 51.9 Å². The molecule has 7 nitrogen and oxygen atoms in total. The van der Waals surface area contributed by atoms with Gasteiger partial charge in [-0.3, -0.25) is 19.8 Å². The lowest BCUT2D eigenvalue weighted by molar-refractivity contribution is -0.384. The number of nitro groups is 1. The molecule has 1 fully saturated rings. The number of carbonyl (C=O) groups excluding carboxylic acids is 1. The lowest BCUT2D eigenvalue weighted by Crippen LogP contribution is -2.47. The fourth-order valence-electron chi connectivity index (χ4n) is 2.26. The molecule has 2 rings (SSSR count). The summed E-state index contributed by atoms with van der Waals surface area (Å²) in [5.74, 6) is -1.88. The van der Waals surface area contributed by atoms with Crippen LogP contribution in [0.5, 0.6) is 0 Å². The highest BCUT2D eigenvalue weighted by Crippen LogP contribution is 2.35. The summed E-state index contributed by atoms with van der Waals surface area (Å²) in [6, 6.07) is 4.67. The summed E-state index contributed by atoms with van der Waals surface area (Å²) in [7, 11) is 0. The van der Waals surface area contributed by atoms with Crippen molar-refractivity contribution in [1.29, 1.82) is 0 Å². The Bertz CT molecular complexity index is 743. The Balaban J connectivity index is 2.30. The summed E-state index contributed by atoms with van der Waals surface area (Å²) in [4.78, 5) is 35.5. The van der Waals surface area contributed by atoms with E-state index in [4.69, 9.17) is 12.2 Å². The third-order valence-electron chi connectivity index (χ3n) is 3.39. The largest absolute Gasteiger partial charge is 0.480 e. The normalized spacial score (nSPS) is 17.6. The number of benzene rings is 1. The van der Waals surface area contributed by atoms with Crippen LogP contribution < -0.4 is 0 Å². The van der Waals surface area contributed by atoms with Gasteiger partial charge in [-0.2, -0.15) is 0 Å². The summed E-state index contributed by atoms with van der Waals surface area (Å²) in [6.07, 6.45) is 1.54. The standard InChI is InChI=1S/C15H14N2O5S2/c1-8(2)12(14(19)20)16-13(18)11(24-15(16)23)7-9-3-5-10(6-4-9)17(21)22/h3-8,12H,1-2H3,(H,19,20). The van der Waals surface area contributed by atoms with E-state index in [1.54, 1.807) is 19.9 Å². The number of non-ortho nitro benzene ring substituents is 1. The van der Waals surface area contributed by atoms with Crippen LogP contribution >= 0.6 is 24.0 Å². The molecule has 1 atom stereocenters. The minimum absolute atomic E-state index is 0.0505. The second-order valence-electron chi connectivity index (χ2n) is 5.43. The maximum atomic E-state index is 12.5. The zero-order valence-electron chi connectivity index (χ0n) is 12.8. The molecule has 0 saturated carbocycles. The maximum Gasteiger partial charge on any atom is 0.327 e. The van der Waals surface area contributed by atoms with Gasteiger partial charge in [0, 0.05) is 12.1 Å². The Hall–Kier alpha value is -2.26. The number of nitro benzene ring substituents is 1. The lowest BCUT2D eigenvalue weighted by Gasteiger charge is -2.26. The molecule has 1 amide bonds. The summed E-state index contributed by atoms with van der Waals surface area (Å²) < 4.78 is 0.189. The second-order valence-corrected chi connectivity index (χ2v) is 7.10. The van der Waals surface area contributed by atoms with Gasteiger partial charge in [0.25, 0.3) is 11.6 Å². The van der Waals surface area contributed by atoms with Crippen molar-refractivity contribution in [2.24, 2.45) is 5.92 Å². The SMILES string of the molecule is CC(C)C(C(=O)O)N1C(=O)C(=Cc2ccc([N+](=O)[O-])cc2)SC1=S. The van der Waals surface area contributed by atoms with Gasteiger partial charge in [0.15, 0.2) is 0 Å². The lowest BCUT2D eigenvalue weighted by atomic mass is 10.0. The van der Waals surface area contributed by atoms with Gasteiger partial charge >= 0.3 is 5.97 Å². The molecule has 1 aliphatic rings. The molecule has 1 aliphatic heterocycles. The van der Waals surface area contributed by atoms with Crippen LogP contribution in [0, 0.1) is 16.0 Å². The second kappa shape index (κ2) is 7.10. The summed E-state index contributed by atoms with van der Waals surface area (Å²) in [5, 5.41) is 20.0. The van der Waals surface area contributed by atoms with E-state index in [1.165, 1.54) is 24.3 Å². The van der Waals surface area contributed by atoms with Gasteiger partial charge in [-0.05, 0) is 29.7 Å². The van der Waals surface area contributed by atoms with Crippen LogP contribution in [0.2, 0.25) is 0 Å². The number of carbonyl (C=O) groups is 2. The average molecular weight is 366 g/mol. The molecular weight excluding hydrogens is 352 g/mol. The zero-order valence-corrected chi connectivity index (χ0v) is 14.5. The van der Waals surface area contributed by atoms with Crippen molar-refractivity contribution in [3.05, 3.63) is 44.8 Å². The molecule has 0 bridgehead atoms. The Morgan fingerprint density at radius 2 is 1.96 bits per heavy atom. The van der Waals surface area contributed by atoms with E-state index in [9.17, 15) is 24.8 Å². The van der Waals surface area contributed by atoms with E-state index in [0.717, 1.165) is 16.7 Å². The highest BCUT2D eigenvalue weighted by Gasteiger charge is 2.41.